The molecule has 0 bridgehead atoms. The summed E-state index contributed by atoms with van der Waals surface area (Å²) in [6, 6.07) is -0.809. The average molecular weight is 635 g/mol. The molecule has 0 rings (SSSR count). The van der Waals surface area contributed by atoms with E-state index in [9.17, 15) is 65.9 Å². The molecule has 1 atom stereocenters. The molecule has 0 aliphatic rings. The Morgan fingerprint density at radius 3 is 1.26 bits per heavy atom. The molecule has 0 aromatic heterocycles. The van der Waals surface area contributed by atoms with E-state index in [4.69, 9.17) is 13.3 Å². The van der Waals surface area contributed by atoms with Crippen molar-refractivity contribution in [3.8, 4) is 0 Å². The third-order valence-electron chi connectivity index (χ3n) is 4.90. The van der Waals surface area contributed by atoms with Crippen LogP contribution in [-0.2, 0) is 13.3 Å². The number of rotatable bonds is 18. The van der Waals surface area contributed by atoms with Gasteiger partial charge in [0.2, 0.25) is 0 Å². The summed E-state index contributed by atoms with van der Waals surface area (Å²) in [7, 11) is -3.90. The highest BCUT2D eigenvalue weighted by Gasteiger charge is 2.93. The Balaban J connectivity index is 6.29. The van der Waals surface area contributed by atoms with E-state index in [1.54, 1.807) is 0 Å². The van der Waals surface area contributed by atoms with E-state index in [0.717, 1.165) is 0 Å². The number of thioether (sulfide) groups is 1. The van der Waals surface area contributed by atoms with Gasteiger partial charge in [-0.1, -0.05) is 18.7 Å². The van der Waals surface area contributed by atoms with E-state index < -0.39 is 85.7 Å². The number of hydrogen-bond donors (Lipinski definition) is 0. The summed E-state index contributed by atoms with van der Waals surface area (Å²) in [6.07, 6.45) is -6.04. The van der Waals surface area contributed by atoms with E-state index in [1.807, 2.05) is 0 Å². The van der Waals surface area contributed by atoms with Gasteiger partial charge < -0.3 is 13.3 Å². The molecule has 0 saturated heterocycles. The lowest BCUT2D eigenvalue weighted by Gasteiger charge is -2.43. The predicted molar refractivity (Wildman–Crippen MR) is 108 cm³/mol. The summed E-state index contributed by atoms with van der Waals surface area (Å²) < 4.78 is 223. The highest BCUT2D eigenvalue weighted by molar-refractivity contribution is 8.00. The SMILES string of the molecule is CCO[Si](CCSC(F)(F)C(F)(F)C(F)(F)C(F)(F)C(F)(F)C(F)(F)C(F)(F)C(F)CC)(OCC)OCC. The molecule has 0 amide bonds. The van der Waals surface area contributed by atoms with Crippen molar-refractivity contribution >= 4 is 20.6 Å². The van der Waals surface area contributed by atoms with Gasteiger partial charge in [0.1, 0.15) is 0 Å². The average Bonchev–Trinajstić information content (AvgIpc) is 2.77. The van der Waals surface area contributed by atoms with Crippen LogP contribution in [0.1, 0.15) is 34.1 Å². The van der Waals surface area contributed by atoms with Crippen LogP contribution in [0.5, 0.6) is 0 Å². The van der Waals surface area contributed by atoms with Crippen LogP contribution in [0, 0.1) is 0 Å². The van der Waals surface area contributed by atoms with Crippen molar-refractivity contribution in [1.82, 2.24) is 0 Å². The zero-order chi connectivity index (χ0) is 30.6. The lowest BCUT2D eigenvalue weighted by molar-refractivity contribution is -0.438. The predicted octanol–water partition coefficient (Wildman–Crippen LogP) is 7.92. The fourth-order valence-electron chi connectivity index (χ4n) is 2.83. The zero-order valence-electron chi connectivity index (χ0n) is 20.1. The molecule has 230 valence electrons. The maximum Gasteiger partial charge on any atom is 0.501 e. The second kappa shape index (κ2) is 12.5. The molecule has 0 aliphatic heterocycles. The van der Waals surface area contributed by atoms with Crippen LogP contribution >= 0.6 is 11.8 Å². The first-order chi connectivity index (χ1) is 16.9. The van der Waals surface area contributed by atoms with E-state index in [2.05, 4.69) is 0 Å². The molecule has 0 fully saturated rings. The summed E-state index contributed by atoms with van der Waals surface area (Å²) in [5, 5.41) is -6.37. The maximum atomic E-state index is 14.1. The molecule has 3 nitrogen and oxygen atoms in total. The largest absolute Gasteiger partial charge is 0.501 e. The van der Waals surface area contributed by atoms with Crippen LogP contribution in [0.25, 0.3) is 0 Å². The maximum absolute atomic E-state index is 14.1. The third-order valence-corrected chi connectivity index (χ3v) is 9.34. The summed E-state index contributed by atoms with van der Waals surface area (Å²) in [6.45, 7) is 3.99. The monoisotopic (exact) mass is 634 g/mol. The quantitative estimate of drug-likeness (QED) is 0.113. The van der Waals surface area contributed by atoms with Gasteiger partial charge in [-0.25, -0.2) is 4.39 Å². The fourth-order valence-corrected chi connectivity index (χ4v) is 6.81. The Kier molecular flexibility index (Phi) is 12.3. The number of alkyl halides is 15. The lowest BCUT2D eigenvalue weighted by atomic mass is 9.89. The standard InChI is InChI=1S/C18H25F15O3SSi/c1-5-11(19)12(20,21)13(22,23)14(24,25)15(26,27)16(28,29)17(30,31)18(32,33)37-9-10-38(34-6-2,35-7-3)36-8-4/h11H,5-10H2,1-4H3. The molecular formula is C18H25F15O3SSi. The molecule has 0 saturated carbocycles. The van der Waals surface area contributed by atoms with Gasteiger partial charge in [0, 0.05) is 31.6 Å². The van der Waals surface area contributed by atoms with E-state index in [0.29, 0.717) is 6.92 Å². The van der Waals surface area contributed by atoms with Gasteiger partial charge in [-0.15, -0.1) is 0 Å². The van der Waals surface area contributed by atoms with Crippen LogP contribution in [-0.4, -0.2) is 81.3 Å². The molecule has 0 aromatic rings. The molecule has 0 spiro atoms. The Morgan fingerprint density at radius 2 is 0.921 bits per heavy atom. The van der Waals surface area contributed by atoms with E-state index >= 15 is 0 Å². The smallest absolute Gasteiger partial charge is 0.374 e. The Labute approximate surface area is 213 Å². The van der Waals surface area contributed by atoms with Crippen LogP contribution in [0.4, 0.5) is 65.9 Å². The minimum atomic E-state index is -8.24. The second-order valence-electron chi connectivity index (χ2n) is 7.47. The Hall–Kier alpha value is -0.603. The van der Waals surface area contributed by atoms with Gasteiger partial charge in [-0.2, -0.15) is 61.5 Å². The van der Waals surface area contributed by atoms with Gasteiger partial charge in [-0.3, -0.25) is 0 Å². The van der Waals surface area contributed by atoms with Crippen LogP contribution < -0.4 is 0 Å². The van der Waals surface area contributed by atoms with Crippen molar-refractivity contribution in [2.75, 3.05) is 25.6 Å². The third kappa shape index (κ3) is 6.32. The summed E-state index contributed by atoms with van der Waals surface area (Å²) in [5.41, 5.74) is 0. The van der Waals surface area contributed by atoms with Crippen molar-refractivity contribution in [2.24, 2.45) is 0 Å². The number of hydrogen-bond acceptors (Lipinski definition) is 4. The van der Waals surface area contributed by atoms with E-state index in [1.165, 1.54) is 20.8 Å². The van der Waals surface area contributed by atoms with Crippen molar-refractivity contribution in [3.05, 3.63) is 0 Å². The van der Waals surface area contributed by atoms with Crippen molar-refractivity contribution in [3.63, 3.8) is 0 Å². The molecule has 0 radical (unpaired) electrons. The summed E-state index contributed by atoms with van der Waals surface area (Å²) in [4.78, 5) is 0. The highest BCUT2D eigenvalue weighted by Crippen LogP contribution is 2.64. The molecule has 0 heterocycles. The van der Waals surface area contributed by atoms with Gasteiger partial charge in [0.05, 0.1) is 0 Å². The second-order valence-corrected chi connectivity index (χ2v) is 11.4. The van der Waals surface area contributed by atoms with Gasteiger partial charge >= 0.3 is 49.6 Å². The van der Waals surface area contributed by atoms with Gasteiger partial charge in [0.25, 0.3) is 0 Å². The van der Waals surface area contributed by atoms with Crippen LogP contribution in [0.15, 0.2) is 0 Å². The molecule has 0 aromatic carbocycles. The first-order valence-electron chi connectivity index (χ1n) is 10.7. The first-order valence-corrected chi connectivity index (χ1v) is 13.6. The van der Waals surface area contributed by atoms with Crippen molar-refractivity contribution in [2.45, 2.75) is 87.1 Å². The molecule has 1 unspecified atom stereocenters. The molecule has 0 N–H and O–H groups in total. The normalized spacial score (nSPS) is 16.2. The minimum absolute atomic E-state index is 0.167. The molecule has 20 heteroatoms. The fraction of sp³-hybridized carbons (Fsp3) is 1.00. The van der Waals surface area contributed by atoms with Crippen LogP contribution in [0.3, 0.4) is 0 Å². The Morgan fingerprint density at radius 1 is 0.579 bits per heavy atom. The summed E-state index contributed by atoms with van der Waals surface area (Å²) >= 11 is -1.48. The molecule has 0 aliphatic carbocycles. The summed E-state index contributed by atoms with van der Waals surface area (Å²) in [5.74, 6) is -47.8. The molecule has 38 heavy (non-hydrogen) atoms. The topological polar surface area (TPSA) is 27.7 Å². The van der Waals surface area contributed by atoms with Crippen molar-refractivity contribution in [1.29, 1.82) is 0 Å². The van der Waals surface area contributed by atoms with Crippen LogP contribution in [0.2, 0.25) is 6.04 Å². The lowest BCUT2D eigenvalue weighted by Crippen LogP contribution is -2.73. The van der Waals surface area contributed by atoms with Crippen molar-refractivity contribution < 1.29 is 79.1 Å². The zero-order valence-corrected chi connectivity index (χ0v) is 21.9. The van der Waals surface area contributed by atoms with Gasteiger partial charge in [0.15, 0.2) is 6.17 Å². The number of halogens is 15. The van der Waals surface area contributed by atoms with Gasteiger partial charge in [-0.05, 0) is 27.2 Å². The first kappa shape index (κ1) is 37.4. The molecular weight excluding hydrogens is 609 g/mol. The minimum Gasteiger partial charge on any atom is -0.374 e. The Bertz CT molecular complexity index is 738. The van der Waals surface area contributed by atoms with E-state index in [-0.39, 0.29) is 19.8 Å². The highest BCUT2D eigenvalue weighted by atomic mass is 32.2.